The molecule has 0 aliphatic carbocycles. The van der Waals surface area contributed by atoms with Gasteiger partial charge in [-0.1, -0.05) is 11.8 Å². The summed E-state index contributed by atoms with van der Waals surface area (Å²) in [6, 6.07) is 3.92. The van der Waals surface area contributed by atoms with E-state index >= 15 is 0 Å². The molecule has 0 spiro atoms. The van der Waals surface area contributed by atoms with Crippen LogP contribution in [-0.4, -0.2) is 31.4 Å². The highest BCUT2D eigenvalue weighted by Gasteiger charge is 2.10. The molecule has 0 aliphatic heterocycles. The number of likely N-dealkylation sites (N-methyl/N-ethyl adjacent to an activating group) is 1. The van der Waals surface area contributed by atoms with Gasteiger partial charge in [-0.15, -0.1) is 0 Å². The Morgan fingerprint density at radius 1 is 1.35 bits per heavy atom. The Morgan fingerprint density at radius 3 is 2.70 bits per heavy atom. The van der Waals surface area contributed by atoms with E-state index in [-0.39, 0.29) is 30.1 Å². The molecular formula is C14H16FN3O2. The van der Waals surface area contributed by atoms with Gasteiger partial charge < -0.3 is 16.4 Å². The molecule has 1 aromatic rings. The molecule has 106 valence electrons. The molecule has 0 bridgehead atoms. The normalized spacial score (nSPS) is 9.35. The standard InChI is InChI=1S/C14H16FN3O2/c1-2-17-13(19)9-18-14(20)11-6-5-10(4-3-7-16)12(15)8-11/h5-6,8H,2,7,9,16H2,1H3,(H,17,19)(H,18,20). The summed E-state index contributed by atoms with van der Waals surface area (Å²) >= 11 is 0. The van der Waals surface area contributed by atoms with Gasteiger partial charge in [0.15, 0.2) is 0 Å². The molecule has 0 radical (unpaired) electrons. The van der Waals surface area contributed by atoms with E-state index in [1.165, 1.54) is 12.1 Å². The van der Waals surface area contributed by atoms with Crippen molar-refractivity contribution >= 4 is 11.8 Å². The van der Waals surface area contributed by atoms with Crippen LogP contribution in [0.4, 0.5) is 4.39 Å². The van der Waals surface area contributed by atoms with Crippen LogP contribution in [0.1, 0.15) is 22.8 Å². The largest absolute Gasteiger partial charge is 0.355 e. The van der Waals surface area contributed by atoms with Gasteiger partial charge in [-0.05, 0) is 25.1 Å². The molecule has 0 saturated heterocycles. The highest BCUT2D eigenvalue weighted by molar-refractivity contribution is 5.96. The summed E-state index contributed by atoms with van der Waals surface area (Å²) in [5, 5.41) is 4.94. The van der Waals surface area contributed by atoms with Crippen LogP contribution in [0, 0.1) is 17.7 Å². The van der Waals surface area contributed by atoms with Crippen molar-refractivity contribution in [3.63, 3.8) is 0 Å². The van der Waals surface area contributed by atoms with Crippen LogP contribution in [0.2, 0.25) is 0 Å². The van der Waals surface area contributed by atoms with Crippen molar-refractivity contribution in [2.24, 2.45) is 5.73 Å². The summed E-state index contributed by atoms with van der Waals surface area (Å²) in [5.41, 5.74) is 5.51. The van der Waals surface area contributed by atoms with Gasteiger partial charge >= 0.3 is 0 Å². The summed E-state index contributed by atoms with van der Waals surface area (Å²) in [6.45, 7) is 2.24. The number of hydrogen-bond donors (Lipinski definition) is 3. The summed E-state index contributed by atoms with van der Waals surface area (Å²) in [5.74, 6) is 3.67. The number of benzene rings is 1. The maximum absolute atomic E-state index is 13.7. The molecule has 5 nitrogen and oxygen atoms in total. The molecular weight excluding hydrogens is 261 g/mol. The first-order valence-electron chi connectivity index (χ1n) is 6.11. The quantitative estimate of drug-likeness (QED) is 0.677. The summed E-state index contributed by atoms with van der Waals surface area (Å²) in [4.78, 5) is 22.9. The van der Waals surface area contributed by atoms with Crippen LogP contribution in [0.3, 0.4) is 0 Å². The fourth-order valence-corrected chi connectivity index (χ4v) is 1.43. The van der Waals surface area contributed by atoms with Crippen molar-refractivity contribution in [1.82, 2.24) is 10.6 Å². The van der Waals surface area contributed by atoms with E-state index in [1.807, 2.05) is 0 Å². The zero-order valence-corrected chi connectivity index (χ0v) is 11.1. The lowest BCUT2D eigenvalue weighted by atomic mass is 10.1. The Labute approximate surface area is 116 Å². The number of hydrogen-bond acceptors (Lipinski definition) is 3. The first kappa shape index (κ1) is 15.7. The molecule has 20 heavy (non-hydrogen) atoms. The van der Waals surface area contributed by atoms with Crippen molar-refractivity contribution in [1.29, 1.82) is 0 Å². The zero-order chi connectivity index (χ0) is 15.0. The van der Waals surface area contributed by atoms with Crippen molar-refractivity contribution in [2.75, 3.05) is 19.6 Å². The van der Waals surface area contributed by atoms with Crippen LogP contribution in [-0.2, 0) is 4.79 Å². The topological polar surface area (TPSA) is 84.2 Å². The molecule has 0 unspecified atom stereocenters. The van der Waals surface area contributed by atoms with Crippen LogP contribution in [0.15, 0.2) is 18.2 Å². The number of carbonyl (C=O) groups excluding carboxylic acids is 2. The van der Waals surface area contributed by atoms with Crippen molar-refractivity contribution in [3.05, 3.63) is 35.1 Å². The predicted molar refractivity (Wildman–Crippen MR) is 73.3 cm³/mol. The minimum Gasteiger partial charge on any atom is -0.355 e. The Morgan fingerprint density at radius 2 is 2.10 bits per heavy atom. The minimum absolute atomic E-state index is 0.130. The van der Waals surface area contributed by atoms with Gasteiger partial charge in [0.25, 0.3) is 5.91 Å². The monoisotopic (exact) mass is 277 g/mol. The van der Waals surface area contributed by atoms with Gasteiger partial charge in [-0.3, -0.25) is 9.59 Å². The Kier molecular flexibility index (Phi) is 6.20. The van der Waals surface area contributed by atoms with E-state index in [0.29, 0.717) is 6.54 Å². The molecule has 0 saturated carbocycles. The van der Waals surface area contributed by atoms with E-state index in [0.717, 1.165) is 6.07 Å². The second-order valence-corrected chi connectivity index (χ2v) is 3.84. The first-order chi connectivity index (χ1) is 9.58. The van der Waals surface area contributed by atoms with E-state index < -0.39 is 11.7 Å². The lowest BCUT2D eigenvalue weighted by Gasteiger charge is -2.06. The molecule has 1 aromatic carbocycles. The molecule has 0 atom stereocenters. The molecule has 4 N–H and O–H groups in total. The maximum Gasteiger partial charge on any atom is 0.251 e. The SMILES string of the molecule is CCNC(=O)CNC(=O)c1ccc(C#CCN)c(F)c1. The summed E-state index contributed by atoms with van der Waals surface area (Å²) < 4.78 is 13.7. The lowest BCUT2D eigenvalue weighted by molar-refractivity contribution is -0.120. The molecule has 0 aromatic heterocycles. The first-order valence-corrected chi connectivity index (χ1v) is 6.11. The minimum atomic E-state index is -0.600. The average molecular weight is 277 g/mol. The second kappa shape index (κ2) is 7.92. The fraction of sp³-hybridized carbons (Fsp3) is 0.286. The number of nitrogens with two attached hydrogens (primary N) is 1. The number of nitrogens with one attached hydrogen (secondary N) is 2. The summed E-state index contributed by atoms with van der Waals surface area (Å²) in [6.07, 6.45) is 0. The smallest absolute Gasteiger partial charge is 0.251 e. The molecule has 0 aliphatic rings. The number of rotatable bonds is 4. The Hall–Kier alpha value is -2.39. The van der Waals surface area contributed by atoms with Crippen LogP contribution in [0.5, 0.6) is 0 Å². The van der Waals surface area contributed by atoms with E-state index in [4.69, 9.17) is 5.73 Å². The second-order valence-electron chi connectivity index (χ2n) is 3.84. The third-order valence-corrected chi connectivity index (χ3v) is 2.34. The van der Waals surface area contributed by atoms with Gasteiger partial charge in [-0.25, -0.2) is 4.39 Å². The molecule has 0 heterocycles. The van der Waals surface area contributed by atoms with Crippen LogP contribution < -0.4 is 16.4 Å². The highest BCUT2D eigenvalue weighted by atomic mass is 19.1. The van der Waals surface area contributed by atoms with Crippen LogP contribution in [0.25, 0.3) is 0 Å². The van der Waals surface area contributed by atoms with Crippen LogP contribution >= 0.6 is 0 Å². The lowest BCUT2D eigenvalue weighted by Crippen LogP contribution is -2.36. The van der Waals surface area contributed by atoms with Gasteiger partial charge in [0, 0.05) is 12.1 Å². The Balaban J connectivity index is 2.70. The average Bonchev–Trinajstić information content (AvgIpc) is 2.43. The molecule has 1 rings (SSSR count). The zero-order valence-electron chi connectivity index (χ0n) is 11.1. The van der Waals surface area contributed by atoms with E-state index in [9.17, 15) is 14.0 Å². The van der Waals surface area contributed by atoms with Crippen molar-refractivity contribution in [3.8, 4) is 11.8 Å². The third-order valence-electron chi connectivity index (χ3n) is 2.34. The maximum atomic E-state index is 13.7. The molecule has 6 heteroatoms. The van der Waals surface area contributed by atoms with E-state index in [1.54, 1.807) is 6.92 Å². The summed E-state index contributed by atoms with van der Waals surface area (Å²) in [7, 11) is 0. The van der Waals surface area contributed by atoms with Crippen molar-refractivity contribution < 1.29 is 14.0 Å². The third kappa shape index (κ3) is 4.71. The molecule has 0 fully saturated rings. The predicted octanol–water partition coefficient (Wildman–Crippen LogP) is 0.00180. The molecule has 2 amide bonds. The van der Waals surface area contributed by atoms with Gasteiger partial charge in [0.1, 0.15) is 5.82 Å². The highest BCUT2D eigenvalue weighted by Crippen LogP contribution is 2.09. The Bertz CT molecular complexity index is 561. The number of halogens is 1. The fourth-order valence-electron chi connectivity index (χ4n) is 1.43. The van der Waals surface area contributed by atoms with E-state index in [2.05, 4.69) is 22.5 Å². The number of carbonyl (C=O) groups is 2. The van der Waals surface area contributed by atoms with Crippen molar-refractivity contribution in [2.45, 2.75) is 6.92 Å². The number of amides is 2. The van der Waals surface area contributed by atoms with Gasteiger partial charge in [0.05, 0.1) is 18.7 Å². The van der Waals surface area contributed by atoms with Gasteiger partial charge in [-0.2, -0.15) is 0 Å². The van der Waals surface area contributed by atoms with Gasteiger partial charge in [0.2, 0.25) is 5.91 Å².